The van der Waals surface area contributed by atoms with E-state index >= 15 is 0 Å². The van der Waals surface area contributed by atoms with Gasteiger partial charge in [-0.25, -0.2) is 4.98 Å². The number of rotatable bonds is 2. The fourth-order valence-corrected chi connectivity index (χ4v) is 3.08. The standard InChI is InChI=1S/C16H21NS/c1-15(2,3)13-11-18-14(17-13)16(4,5)12-9-7-6-8-10-12/h6-11H,1-5H3. The molecule has 0 aliphatic rings. The Balaban J connectivity index is 2.40. The van der Waals surface area contributed by atoms with E-state index in [2.05, 4.69) is 70.3 Å². The SMILES string of the molecule is CC(C)(C)c1csc(C(C)(C)c2ccccc2)n1. The van der Waals surface area contributed by atoms with Gasteiger partial charge in [-0.3, -0.25) is 0 Å². The molecule has 0 saturated carbocycles. The second-order valence-corrected chi connectivity index (χ2v) is 7.14. The number of aromatic nitrogens is 1. The third kappa shape index (κ3) is 2.49. The van der Waals surface area contributed by atoms with Gasteiger partial charge in [0, 0.05) is 16.2 Å². The van der Waals surface area contributed by atoms with E-state index in [1.165, 1.54) is 16.3 Å². The summed E-state index contributed by atoms with van der Waals surface area (Å²) in [7, 11) is 0. The molecule has 0 bridgehead atoms. The Kier molecular flexibility index (Phi) is 3.33. The van der Waals surface area contributed by atoms with E-state index in [4.69, 9.17) is 4.98 Å². The predicted octanol–water partition coefficient (Wildman–Crippen LogP) is 4.77. The van der Waals surface area contributed by atoms with Gasteiger partial charge in [-0.15, -0.1) is 11.3 Å². The highest BCUT2D eigenvalue weighted by Crippen LogP contribution is 2.35. The Labute approximate surface area is 114 Å². The van der Waals surface area contributed by atoms with Crippen LogP contribution in [0.1, 0.15) is 50.9 Å². The molecule has 0 saturated heterocycles. The van der Waals surface area contributed by atoms with Crippen molar-refractivity contribution in [3.8, 4) is 0 Å². The molecule has 0 radical (unpaired) electrons. The molecule has 1 heterocycles. The van der Waals surface area contributed by atoms with Crippen LogP contribution in [0.25, 0.3) is 0 Å². The molecule has 96 valence electrons. The third-order valence-corrected chi connectivity index (χ3v) is 4.47. The maximum Gasteiger partial charge on any atom is 0.103 e. The normalized spacial score (nSPS) is 12.7. The van der Waals surface area contributed by atoms with Crippen LogP contribution < -0.4 is 0 Å². The predicted molar refractivity (Wildman–Crippen MR) is 79.4 cm³/mol. The van der Waals surface area contributed by atoms with Crippen molar-refractivity contribution in [3.63, 3.8) is 0 Å². The van der Waals surface area contributed by atoms with E-state index in [1.54, 1.807) is 11.3 Å². The van der Waals surface area contributed by atoms with Crippen LogP contribution in [-0.2, 0) is 10.8 Å². The van der Waals surface area contributed by atoms with Crippen LogP contribution in [0.4, 0.5) is 0 Å². The van der Waals surface area contributed by atoms with Crippen molar-refractivity contribution in [1.29, 1.82) is 0 Å². The molecule has 0 aliphatic carbocycles. The average molecular weight is 259 g/mol. The number of benzene rings is 1. The third-order valence-electron chi connectivity index (χ3n) is 3.30. The van der Waals surface area contributed by atoms with E-state index < -0.39 is 0 Å². The minimum absolute atomic E-state index is 0.0184. The van der Waals surface area contributed by atoms with Gasteiger partial charge in [-0.05, 0) is 19.4 Å². The van der Waals surface area contributed by atoms with Crippen LogP contribution >= 0.6 is 11.3 Å². The fourth-order valence-electron chi connectivity index (χ4n) is 1.88. The smallest absolute Gasteiger partial charge is 0.103 e. The molecule has 2 aromatic rings. The average Bonchev–Trinajstić information content (AvgIpc) is 2.79. The molecule has 0 N–H and O–H groups in total. The molecule has 0 unspecified atom stereocenters. The zero-order valence-corrected chi connectivity index (χ0v) is 12.6. The first-order valence-electron chi connectivity index (χ1n) is 6.34. The monoisotopic (exact) mass is 259 g/mol. The largest absolute Gasteiger partial charge is 0.245 e. The number of hydrogen-bond donors (Lipinski definition) is 0. The van der Waals surface area contributed by atoms with Crippen molar-refractivity contribution in [1.82, 2.24) is 4.98 Å². The van der Waals surface area contributed by atoms with Gasteiger partial charge in [0.25, 0.3) is 0 Å². The summed E-state index contributed by atoms with van der Waals surface area (Å²) in [4.78, 5) is 4.85. The topological polar surface area (TPSA) is 12.9 Å². The molecular weight excluding hydrogens is 238 g/mol. The van der Waals surface area contributed by atoms with Gasteiger partial charge in [0.05, 0.1) is 5.69 Å². The summed E-state index contributed by atoms with van der Waals surface area (Å²) in [6, 6.07) is 10.6. The molecule has 2 heteroatoms. The molecule has 1 aromatic carbocycles. The highest BCUT2D eigenvalue weighted by molar-refractivity contribution is 7.09. The summed E-state index contributed by atoms with van der Waals surface area (Å²) in [6.07, 6.45) is 0. The molecular formula is C16H21NS. The summed E-state index contributed by atoms with van der Waals surface area (Å²) in [5.74, 6) is 0. The van der Waals surface area contributed by atoms with Crippen molar-refractivity contribution < 1.29 is 0 Å². The van der Waals surface area contributed by atoms with E-state index in [9.17, 15) is 0 Å². The highest BCUT2D eigenvalue weighted by atomic mass is 32.1. The molecule has 1 aromatic heterocycles. The number of thiazole rings is 1. The van der Waals surface area contributed by atoms with Gasteiger partial charge < -0.3 is 0 Å². The van der Waals surface area contributed by atoms with Gasteiger partial charge in [0.2, 0.25) is 0 Å². The van der Waals surface area contributed by atoms with Crippen molar-refractivity contribution >= 4 is 11.3 Å². The molecule has 0 atom stereocenters. The molecule has 0 spiro atoms. The van der Waals surface area contributed by atoms with E-state index in [-0.39, 0.29) is 10.8 Å². The van der Waals surface area contributed by atoms with Crippen LogP contribution in [-0.4, -0.2) is 4.98 Å². The second-order valence-electron chi connectivity index (χ2n) is 6.28. The van der Waals surface area contributed by atoms with Crippen molar-refractivity contribution in [2.45, 2.75) is 45.4 Å². The van der Waals surface area contributed by atoms with Crippen LogP contribution in [0.15, 0.2) is 35.7 Å². The first kappa shape index (κ1) is 13.3. The van der Waals surface area contributed by atoms with E-state index in [1.807, 2.05) is 0 Å². The molecule has 1 nitrogen and oxygen atoms in total. The molecule has 0 amide bonds. The second kappa shape index (κ2) is 4.51. The fraction of sp³-hybridized carbons (Fsp3) is 0.438. The highest BCUT2D eigenvalue weighted by Gasteiger charge is 2.28. The van der Waals surface area contributed by atoms with Gasteiger partial charge in [0.15, 0.2) is 0 Å². The number of hydrogen-bond acceptors (Lipinski definition) is 2. The van der Waals surface area contributed by atoms with Crippen LogP contribution in [0.2, 0.25) is 0 Å². The maximum atomic E-state index is 4.85. The number of nitrogens with zero attached hydrogens (tertiary/aromatic N) is 1. The lowest BCUT2D eigenvalue weighted by molar-refractivity contribution is 0.559. The Hall–Kier alpha value is -1.15. The summed E-state index contributed by atoms with van der Waals surface area (Å²) < 4.78 is 0. The quantitative estimate of drug-likeness (QED) is 0.757. The lowest BCUT2D eigenvalue weighted by Gasteiger charge is -2.23. The lowest BCUT2D eigenvalue weighted by atomic mass is 9.85. The Morgan fingerprint density at radius 1 is 0.944 bits per heavy atom. The maximum absolute atomic E-state index is 4.85. The van der Waals surface area contributed by atoms with Gasteiger partial charge in [-0.2, -0.15) is 0 Å². The first-order valence-corrected chi connectivity index (χ1v) is 7.22. The van der Waals surface area contributed by atoms with E-state index in [0.717, 1.165) is 0 Å². The Morgan fingerprint density at radius 2 is 1.56 bits per heavy atom. The minimum Gasteiger partial charge on any atom is -0.245 e. The van der Waals surface area contributed by atoms with Crippen molar-refractivity contribution in [2.24, 2.45) is 0 Å². The van der Waals surface area contributed by atoms with Gasteiger partial charge in [0.1, 0.15) is 5.01 Å². The van der Waals surface area contributed by atoms with E-state index in [0.29, 0.717) is 0 Å². The molecule has 0 aliphatic heterocycles. The Morgan fingerprint density at radius 3 is 2.06 bits per heavy atom. The van der Waals surface area contributed by atoms with Crippen LogP contribution in [0.5, 0.6) is 0 Å². The van der Waals surface area contributed by atoms with Crippen LogP contribution in [0.3, 0.4) is 0 Å². The first-order chi connectivity index (χ1) is 8.32. The lowest BCUT2D eigenvalue weighted by Crippen LogP contribution is -2.20. The zero-order chi connectivity index (χ0) is 13.4. The van der Waals surface area contributed by atoms with Crippen molar-refractivity contribution in [2.75, 3.05) is 0 Å². The van der Waals surface area contributed by atoms with Gasteiger partial charge >= 0.3 is 0 Å². The summed E-state index contributed by atoms with van der Waals surface area (Å²) in [6.45, 7) is 11.1. The van der Waals surface area contributed by atoms with Gasteiger partial charge in [-0.1, -0.05) is 51.1 Å². The van der Waals surface area contributed by atoms with Crippen LogP contribution in [0, 0.1) is 0 Å². The molecule has 0 fully saturated rings. The Bertz CT molecular complexity index is 518. The zero-order valence-electron chi connectivity index (χ0n) is 11.8. The summed E-state index contributed by atoms with van der Waals surface area (Å²) in [5.41, 5.74) is 2.61. The minimum atomic E-state index is -0.0184. The van der Waals surface area contributed by atoms with Crippen molar-refractivity contribution in [3.05, 3.63) is 52.0 Å². The summed E-state index contributed by atoms with van der Waals surface area (Å²) in [5, 5.41) is 3.39. The molecule has 2 rings (SSSR count). The summed E-state index contributed by atoms with van der Waals surface area (Å²) >= 11 is 1.77. The molecule has 18 heavy (non-hydrogen) atoms.